The van der Waals surface area contributed by atoms with E-state index in [2.05, 4.69) is 63.2 Å². The van der Waals surface area contributed by atoms with E-state index in [1.165, 1.54) is 16.8 Å². The lowest BCUT2D eigenvalue weighted by atomic mass is 10.2. The first-order chi connectivity index (χ1) is 13.2. The maximum Gasteiger partial charge on any atom is 0.159 e. The average Bonchev–Trinajstić information content (AvgIpc) is 2.95. The molecule has 5 nitrogen and oxygen atoms in total. The molecule has 0 unspecified atom stereocenters. The first kappa shape index (κ1) is 17.0. The SMILES string of the molecule is Cc1c(C)n(Cc2ccccc2)c2ncnc(N/N=C/c3ccccc3)c12. The van der Waals surface area contributed by atoms with E-state index >= 15 is 0 Å². The summed E-state index contributed by atoms with van der Waals surface area (Å²) < 4.78 is 2.23. The summed E-state index contributed by atoms with van der Waals surface area (Å²) in [5.74, 6) is 0.722. The van der Waals surface area contributed by atoms with E-state index in [1.54, 1.807) is 12.5 Å². The second kappa shape index (κ2) is 7.41. The van der Waals surface area contributed by atoms with Gasteiger partial charge in [-0.3, -0.25) is 5.43 Å². The second-order valence-corrected chi connectivity index (χ2v) is 6.48. The molecule has 0 spiro atoms. The molecule has 0 aliphatic rings. The fourth-order valence-electron chi connectivity index (χ4n) is 3.22. The third kappa shape index (κ3) is 3.44. The molecule has 1 N–H and O–H groups in total. The summed E-state index contributed by atoms with van der Waals surface area (Å²) in [4.78, 5) is 8.96. The first-order valence-electron chi connectivity index (χ1n) is 8.92. The third-order valence-electron chi connectivity index (χ3n) is 4.77. The van der Waals surface area contributed by atoms with Crippen LogP contribution in [-0.2, 0) is 6.54 Å². The van der Waals surface area contributed by atoms with E-state index in [-0.39, 0.29) is 0 Å². The molecule has 4 aromatic rings. The van der Waals surface area contributed by atoms with Crippen LogP contribution >= 0.6 is 0 Å². The van der Waals surface area contributed by atoms with Crippen molar-refractivity contribution in [3.63, 3.8) is 0 Å². The Morgan fingerprint density at radius 1 is 0.963 bits per heavy atom. The lowest BCUT2D eigenvalue weighted by Crippen LogP contribution is -2.03. The quantitative estimate of drug-likeness (QED) is 0.422. The Morgan fingerprint density at radius 3 is 2.41 bits per heavy atom. The molecule has 4 rings (SSSR count). The van der Waals surface area contributed by atoms with Gasteiger partial charge in [0.25, 0.3) is 0 Å². The average molecular weight is 355 g/mol. The van der Waals surface area contributed by atoms with Crippen LogP contribution < -0.4 is 5.43 Å². The maximum atomic E-state index is 4.55. The summed E-state index contributed by atoms with van der Waals surface area (Å²) in [5.41, 5.74) is 8.63. The number of aromatic nitrogens is 3. The molecule has 2 heterocycles. The highest BCUT2D eigenvalue weighted by molar-refractivity contribution is 5.92. The molecule has 0 saturated carbocycles. The van der Waals surface area contributed by atoms with Gasteiger partial charge in [0.1, 0.15) is 12.0 Å². The minimum Gasteiger partial charge on any atom is -0.325 e. The van der Waals surface area contributed by atoms with E-state index in [0.29, 0.717) is 0 Å². The van der Waals surface area contributed by atoms with E-state index in [9.17, 15) is 0 Å². The molecule has 0 bridgehead atoms. The Kier molecular flexibility index (Phi) is 4.66. The van der Waals surface area contributed by atoms with Crippen LogP contribution in [0.15, 0.2) is 72.1 Å². The lowest BCUT2D eigenvalue weighted by Gasteiger charge is -2.08. The molecule has 5 heteroatoms. The molecule has 0 amide bonds. The number of nitrogens with one attached hydrogen (secondary N) is 1. The smallest absolute Gasteiger partial charge is 0.159 e. The molecule has 0 fully saturated rings. The van der Waals surface area contributed by atoms with Gasteiger partial charge < -0.3 is 4.57 Å². The van der Waals surface area contributed by atoms with Gasteiger partial charge in [0.2, 0.25) is 0 Å². The van der Waals surface area contributed by atoms with Gasteiger partial charge in [0.05, 0.1) is 11.6 Å². The number of nitrogens with zero attached hydrogens (tertiary/aromatic N) is 4. The normalized spacial score (nSPS) is 11.3. The van der Waals surface area contributed by atoms with Crippen LogP contribution in [0.2, 0.25) is 0 Å². The number of benzene rings is 2. The summed E-state index contributed by atoms with van der Waals surface area (Å²) in [6, 6.07) is 20.4. The molecule has 134 valence electrons. The van der Waals surface area contributed by atoms with Crippen molar-refractivity contribution in [1.82, 2.24) is 14.5 Å². The minimum absolute atomic E-state index is 0.722. The van der Waals surface area contributed by atoms with Crippen molar-refractivity contribution in [2.45, 2.75) is 20.4 Å². The predicted octanol–water partition coefficient (Wildman–Crippen LogP) is 4.54. The molecule has 0 radical (unpaired) electrons. The van der Waals surface area contributed by atoms with Crippen molar-refractivity contribution in [3.05, 3.63) is 89.4 Å². The van der Waals surface area contributed by atoms with Crippen LogP contribution in [-0.4, -0.2) is 20.7 Å². The van der Waals surface area contributed by atoms with Crippen molar-refractivity contribution in [2.75, 3.05) is 5.43 Å². The van der Waals surface area contributed by atoms with Gasteiger partial charge in [-0.1, -0.05) is 60.7 Å². The monoisotopic (exact) mass is 355 g/mol. The van der Waals surface area contributed by atoms with Gasteiger partial charge in [-0.2, -0.15) is 5.10 Å². The van der Waals surface area contributed by atoms with Crippen LogP contribution in [0, 0.1) is 13.8 Å². The number of hydrogen-bond acceptors (Lipinski definition) is 4. The van der Waals surface area contributed by atoms with Crippen molar-refractivity contribution in [3.8, 4) is 0 Å². The Bertz CT molecular complexity index is 1080. The molecule has 0 atom stereocenters. The zero-order valence-electron chi connectivity index (χ0n) is 15.4. The van der Waals surface area contributed by atoms with Crippen LogP contribution in [0.25, 0.3) is 11.0 Å². The van der Waals surface area contributed by atoms with Crippen LogP contribution in [0.4, 0.5) is 5.82 Å². The van der Waals surface area contributed by atoms with Crippen LogP contribution in [0.5, 0.6) is 0 Å². The Hall–Kier alpha value is -3.47. The minimum atomic E-state index is 0.722. The summed E-state index contributed by atoms with van der Waals surface area (Å²) in [6.45, 7) is 5.01. The summed E-state index contributed by atoms with van der Waals surface area (Å²) in [6.07, 6.45) is 3.38. The highest BCUT2D eigenvalue weighted by Crippen LogP contribution is 2.29. The zero-order chi connectivity index (χ0) is 18.6. The molecular weight excluding hydrogens is 334 g/mol. The van der Waals surface area contributed by atoms with Crippen molar-refractivity contribution >= 4 is 23.1 Å². The Balaban J connectivity index is 1.69. The summed E-state index contributed by atoms with van der Waals surface area (Å²) >= 11 is 0. The first-order valence-corrected chi connectivity index (χ1v) is 8.92. The topological polar surface area (TPSA) is 55.1 Å². The van der Waals surface area contributed by atoms with E-state index in [0.717, 1.165) is 29.0 Å². The number of rotatable bonds is 5. The predicted molar refractivity (Wildman–Crippen MR) is 110 cm³/mol. The molecule has 2 aromatic carbocycles. The second-order valence-electron chi connectivity index (χ2n) is 6.48. The summed E-state index contributed by atoms with van der Waals surface area (Å²) in [7, 11) is 0. The largest absolute Gasteiger partial charge is 0.325 e. The molecule has 2 aromatic heterocycles. The zero-order valence-corrected chi connectivity index (χ0v) is 15.4. The van der Waals surface area contributed by atoms with Crippen LogP contribution in [0.1, 0.15) is 22.4 Å². The molecular formula is C22H21N5. The fourth-order valence-corrected chi connectivity index (χ4v) is 3.22. The van der Waals surface area contributed by atoms with E-state index in [4.69, 9.17) is 0 Å². The number of hydrogen-bond donors (Lipinski definition) is 1. The third-order valence-corrected chi connectivity index (χ3v) is 4.77. The van der Waals surface area contributed by atoms with Crippen molar-refractivity contribution in [2.24, 2.45) is 5.10 Å². The highest BCUT2D eigenvalue weighted by Gasteiger charge is 2.16. The standard InChI is InChI=1S/C22H21N5/c1-16-17(2)27(14-19-11-7-4-8-12-19)22-20(16)21(23-15-24-22)26-25-13-18-9-5-3-6-10-18/h3-13,15H,14H2,1-2H3,(H,23,24,26)/b25-13+. The van der Waals surface area contributed by atoms with E-state index < -0.39 is 0 Å². The number of fused-ring (bicyclic) bond motifs is 1. The van der Waals surface area contributed by atoms with Crippen molar-refractivity contribution in [1.29, 1.82) is 0 Å². The fraction of sp³-hybridized carbons (Fsp3) is 0.136. The van der Waals surface area contributed by atoms with Gasteiger partial charge in [-0.25, -0.2) is 9.97 Å². The maximum absolute atomic E-state index is 4.55. The van der Waals surface area contributed by atoms with Gasteiger partial charge in [0.15, 0.2) is 5.82 Å². The Labute approximate surface area is 158 Å². The van der Waals surface area contributed by atoms with Crippen molar-refractivity contribution < 1.29 is 0 Å². The van der Waals surface area contributed by atoms with Gasteiger partial charge in [0, 0.05) is 12.2 Å². The molecule has 0 saturated heterocycles. The van der Waals surface area contributed by atoms with Gasteiger partial charge in [-0.15, -0.1) is 0 Å². The highest BCUT2D eigenvalue weighted by atomic mass is 15.3. The van der Waals surface area contributed by atoms with E-state index in [1.807, 2.05) is 36.4 Å². The molecule has 0 aliphatic heterocycles. The van der Waals surface area contributed by atoms with Crippen LogP contribution in [0.3, 0.4) is 0 Å². The number of hydrazone groups is 1. The number of anilines is 1. The Morgan fingerprint density at radius 2 is 1.67 bits per heavy atom. The van der Waals surface area contributed by atoms with Gasteiger partial charge in [-0.05, 0) is 30.5 Å². The van der Waals surface area contributed by atoms with Gasteiger partial charge >= 0.3 is 0 Å². The molecule has 27 heavy (non-hydrogen) atoms. The number of aryl methyl sites for hydroxylation is 1. The lowest BCUT2D eigenvalue weighted by molar-refractivity contribution is 0.790. The molecule has 0 aliphatic carbocycles. The summed E-state index contributed by atoms with van der Waals surface area (Å²) in [5, 5.41) is 5.36.